The second-order valence-corrected chi connectivity index (χ2v) is 10.6. The summed E-state index contributed by atoms with van der Waals surface area (Å²) in [7, 11) is 1.58. The molecule has 4 rings (SSSR count). The average Bonchev–Trinajstić information content (AvgIpc) is 2.91. The predicted molar refractivity (Wildman–Crippen MR) is 140 cm³/mol. The number of ether oxygens (including phenoxy) is 1. The molecule has 38 heavy (non-hydrogen) atoms. The summed E-state index contributed by atoms with van der Waals surface area (Å²) in [4.78, 5) is 18.6. The van der Waals surface area contributed by atoms with Gasteiger partial charge in [-0.25, -0.2) is 0 Å². The first-order valence-electron chi connectivity index (χ1n) is 12.5. The van der Waals surface area contributed by atoms with Gasteiger partial charge in [-0.2, -0.15) is 13.2 Å². The molecule has 0 bridgehead atoms. The van der Waals surface area contributed by atoms with Crippen LogP contribution in [0.5, 0.6) is 5.75 Å². The van der Waals surface area contributed by atoms with E-state index in [1.165, 1.54) is 12.1 Å². The Morgan fingerprint density at radius 1 is 1.24 bits per heavy atom. The molecule has 0 spiro atoms. The van der Waals surface area contributed by atoms with Crippen LogP contribution in [-0.2, 0) is 11.0 Å². The number of aliphatic hydroxyl groups excluding tert-OH is 1. The lowest BCUT2D eigenvalue weighted by atomic mass is 9.81. The number of hydrogen-bond acceptors (Lipinski definition) is 6. The molecule has 2 N–H and O–H groups in total. The maximum absolute atomic E-state index is 13.2. The highest BCUT2D eigenvalue weighted by Gasteiger charge is 2.35. The van der Waals surface area contributed by atoms with Crippen LogP contribution in [-0.4, -0.2) is 58.6 Å². The normalized spacial score (nSPS) is 19.4. The number of rotatable bonds is 10. The van der Waals surface area contributed by atoms with Crippen LogP contribution in [0, 0.1) is 11.8 Å². The van der Waals surface area contributed by atoms with Gasteiger partial charge in [0.05, 0.1) is 30.2 Å². The molecule has 0 unspecified atom stereocenters. The number of pyridine rings is 1. The number of halogens is 3. The first-order chi connectivity index (χ1) is 18.2. The molecule has 0 amide bonds. The fourth-order valence-electron chi connectivity index (χ4n) is 5.10. The number of hydrogen-bond donors (Lipinski definition) is 2. The van der Waals surface area contributed by atoms with E-state index in [1.807, 2.05) is 23.1 Å². The van der Waals surface area contributed by atoms with Gasteiger partial charge in [0.2, 0.25) is 0 Å². The standard InChI is InChI=1S/C28H31F3N2O4S/c1-37-19-7-8-24-21(16-19)20(10-12-32-24)25(34)9-6-18-11-13-33(17-22(18)27(35)36)14-15-38-26-5-3-2-4-23(26)28(29,30)31/h2-5,7-8,10,12,16,18,22,25,34H,6,9,11,13-15,17H2,1H3,(H,35,36)/t18-,22+,25+/m1/s1. The van der Waals surface area contributed by atoms with Gasteiger partial charge in [0.1, 0.15) is 5.75 Å². The van der Waals surface area contributed by atoms with Crippen molar-refractivity contribution in [3.05, 3.63) is 65.9 Å². The number of fused-ring (bicyclic) bond motifs is 1. The number of aliphatic hydroxyl groups is 1. The summed E-state index contributed by atoms with van der Waals surface area (Å²) >= 11 is 1.14. The zero-order valence-electron chi connectivity index (χ0n) is 21.0. The number of aromatic nitrogens is 1. The summed E-state index contributed by atoms with van der Waals surface area (Å²) in [6.07, 6.45) is -1.92. The Morgan fingerprint density at radius 3 is 2.76 bits per heavy atom. The van der Waals surface area contributed by atoms with E-state index in [0.29, 0.717) is 50.4 Å². The van der Waals surface area contributed by atoms with Gasteiger partial charge in [-0.15, -0.1) is 11.8 Å². The summed E-state index contributed by atoms with van der Waals surface area (Å²) in [5.41, 5.74) is 0.829. The maximum Gasteiger partial charge on any atom is 0.417 e. The van der Waals surface area contributed by atoms with Crippen LogP contribution in [0.3, 0.4) is 0 Å². The van der Waals surface area contributed by atoms with Crippen LogP contribution in [0.15, 0.2) is 59.6 Å². The highest BCUT2D eigenvalue weighted by Crippen LogP contribution is 2.37. The second kappa shape index (κ2) is 12.4. The highest BCUT2D eigenvalue weighted by atomic mass is 32.2. The van der Waals surface area contributed by atoms with Crippen LogP contribution < -0.4 is 4.74 Å². The number of carboxylic acid groups (broad SMARTS) is 1. The molecule has 0 radical (unpaired) electrons. The molecular weight excluding hydrogens is 517 g/mol. The van der Waals surface area contributed by atoms with Crippen molar-refractivity contribution in [2.24, 2.45) is 11.8 Å². The topological polar surface area (TPSA) is 82.9 Å². The number of alkyl halides is 3. The highest BCUT2D eigenvalue weighted by molar-refractivity contribution is 7.99. The minimum atomic E-state index is -4.41. The average molecular weight is 549 g/mol. The van der Waals surface area contributed by atoms with Crippen molar-refractivity contribution in [3.63, 3.8) is 0 Å². The number of benzene rings is 2. The van der Waals surface area contributed by atoms with E-state index in [2.05, 4.69) is 4.98 Å². The van der Waals surface area contributed by atoms with E-state index in [9.17, 15) is 28.2 Å². The van der Waals surface area contributed by atoms with Gasteiger partial charge in [0.25, 0.3) is 0 Å². The number of carboxylic acids is 1. The lowest BCUT2D eigenvalue weighted by Crippen LogP contribution is -2.44. The van der Waals surface area contributed by atoms with E-state index in [1.54, 1.807) is 25.4 Å². The third kappa shape index (κ3) is 6.78. The van der Waals surface area contributed by atoms with Gasteiger partial charge in [0.15, 0.2) is 0 Å². The quantitative estimate of drug-likeness (QED) is 0.306. The molecule has 0 aliphatic carbocycles. The predicted octanol–water partition coefficient (Wildman–Crippen LogP) is 5.89. The van der Waals surface area contributed by atoms with Crippen LogP contribution in [0.2, 0.25) is 0 Å². The lowest BCUT2D eigenvalue weighted by molar-refractivity contribution is -0.146. The summed E-state index contributed by atoms with van der Waals surface area (Å²) < 4.78 is 45.0. The Bertz CT molecular complexity index is 1260. The fourth-order valence-corrected chi connectivity index (χ4v) is 6.18. The first kappa shape index (κ1) is 28.2. The van der Waals surface area contributed by atoms with Gasteiger partial charge in [-0.1, -0.05) is 12.1 Å². The lowest BCUT2D eigenvalue weighted by Gasteiger charge is -2.37. The Labute approximate surface area is 223 Å². The summed E-state index contributed by atoms with van der Waals surface area (Å²) in [5, 5.41) is 21.7. The minimum Gasteiger partial charge on any atom is -0.497 e. The zero-order valence-corrected chi connectivity index (χ0v) is 21.8. The van der Waals surface area contributed by atoms with Crippen LogP contribution in [0.1, 0.15) is 36.5 Å². The number of methoxy groups -OCH3 is 1. The van der Waals surface area contributed by atoms with Crippen molar-refractivity contribution in [1.29, 1.82) is 0 Å². The number of nitrogens with zero attached hydrogens (tertiary/aromatic N) is 2. The van der Waals surface area contributed by atoms with Crippen molar-refractivity contribution < 1.29 is 32.9 Å². The van der Waals surface area contributed by atoms with E-state index in [0.717, 1.165) is 34.3 Å². The van der Waals surface area contributed by atoms with Gasteiger partial charge in [-0.3, -0.25) is 9.78 Å². The third-order valence-corrected chi connectivity index (χ3v) is 8.22. The Morgan fingerprint density at radius 2 is 2.03 bits per heavy atom. The second-order valence-electron chi connectivity index (χ2n) is 9.51. The molecule has 0 saturated carbocycles. The molecule has 204 valence electrons. The molecule has 1 aliphatic rings. The maximum atomic E-state index is 13.2. The number of piperidine rings is 1. The zero-order chi connectivity index (χ0) is 27.3. The summed E-state index contributed by atoms with van der Waals surface area (Å²) in [6.45, 7) is 1.51. The van der Waals surface area contributed by atoms with Crippen molar-refractivity contribution in [2.75, 3.05) is 32.5 Å². The van der Waals surface area contributed by atoms with E-state index in [-0.39, 0.29) is 10.8 Å². The molecule has 3 aromatic rings. The number of aliphatic carboxylic acids is 1. The van der Waals surface area contributed by atoms with Gasteiger partial charge in [-0.05, 0) is 73.7 Å². The van der Waals surface area contributed by atoms with Gasteiger partial charge < -0.3 is 19.8 Å². The van der Waals surface area contributed by atoms with E-state index in [4.69, 9.17) is 4.74 Å². The van der Waals surface area contributed by atoms with Crippen molar-refractivity contribution >= 4 is 28.6 Å². The minimum absolute atomic E-state index is 0.0976. The van der Waals surface area contributed by atoms with Gasteiger partial charge in [0, 0.05) is 35.3 Å². The van der Waals surface area contributed by atoms with Crippen molar-refractivity contribution in [3.8, 4) is 5.75 Å². The first-order valence-corrected chi connectivity index (χ1v) is 13.5. The molecule has 3 atom stereocenters. The number of carbonyl (C=O) groups is 1. The SMILES string of the molecule is COc1ccc2nccc([C@@H](O)CC[C@@H]3CCN(CCSc4ccccc4C(F)(F)F)C[C@@H]3C(=O)O)c2c1. The largest absolute Gasteiger partial charge is 0.497 e. The van der Waals surface area contributed by atoms with Crippen LogP contribution in [0.25, 0.3) is 10.9 Å². The Kier molecular flexibility index (Phi) is 9.17. The molecule has 1 aliphatic heterocycles. The van der Waals surface area contributed by atoms with Gasteiger partial charge >= 0.3 is 12.1 Å². The molecule has 2 aromatic carbocycles. The molecule has 2 heterocycles. The summed E-state index contributed by atoms with van der Waals surface area (Å²) in [6, 6.07) is 12.8. The Balaban J connectivity index is 1.34. The monoisotopic (exact) mass is 548 g/mol. The fraction of sp³-hybridized carbons (Fsp3) is 0.429. The van der Waals surface area contributed by atoms with Crippen molar-refractivity contribution in [1.82, 2.24) is 9.88 Å². The molecule has 1 fully saturated rings. The molecule has 1 saturated heterocycles. The Hall–Kier alpha value is -2.82. The van der Waals surface area contributed by atoms with E-state index >= 15 is 0 Å². The van der Waals surface area contributed by atoms with Crippen LogP contribution in [0.4, 0.5) is 13.2 Å². The van der Waals surface area contributed by atoms with Crippen LogP contribution >= 0.6 is 11.8 Å². The number of thioether (sulfide) groups is 1. The molecular formula is C28H31F3N2O4S. The molecule has 1 aromatic heterocycles. The molecule has 10 heteroatoms. The molecule has 6 nitrogen and oxygen atoms in total. The van der Waals surface area contributed by atoms with Crippen molar-refractivity contribution in [2.45, 2.75) is 36.4 Å². The smallest absolute Gasteiger partial charge is 0.417 e. The third-order valence-electron chi connectivity index (χ3n) is 7.17. The summed E-state index contributed by atoms with van der Waals surface area (Å²) in [5.74, 6) is -0.487. The van der Waals surface area contributed by atoms with E-state index < -0.39 is 29.7 Å². The number of likely N-dealkylation sites (tertiary alicyclic amines) is 1.